The zero-order valence-corrected chi connectivity index (χ0v) is 10.4. The Bertz CT molecular complexity index is 380. The topological polar surface area (TPSA) is 12.4 Å². The van der Waals surface area contributed by atoms with Crippen LogP contribution in [0.3, 0.4) is 0 Å². The first kappa shape index (κ1) is 11.4. The maximum absolute atomic E-state index is 4.50. The van der Waals surface area contributed by atoms with E-state index in [2.05, 4.69) is 37.2 Å². The number of hydrogen-bond donors (Lipinski definition) is 0. The Hall–Kier alpha value is -1.11. The van der Waals surface area contributed by atoms with Crippen LogP contribution in [-0.4, -0.2) is 6.21 Å². The standard InChI is InChI=1S/C15H21N/c1-3-5-7-12-9-10-14-15(12)13(11-16-14)8-6-4-2/h9-11H,3-8H2,1-2H3. The molecule has 0 saturated carbocycles. The van der Waals surface area contributed by atoms with Gasteiger partial charge in [0.2, 0.25) is 0 Å². The van der Waals surface area contributed by atoms with Gasteiger partial charge in [-0.2, -0.15) is 0 Å². The lowest BCUT2D eigenvalue weighted by molar-refractivity contribution is 0.784. The van der Waals surface area contributed by atoms with E-state index in [1.807, 2.05) is 0 Å². The molecule has 1 aliphatic carbocycles. The highest BCUT2D eigenvalue weighted by atomic mass is 14.8. The minimum absolute atomic E-state index is 1.19. The summed E-state index contributed by atoms with van der Waals surface area (Å²) in [6, 6.07) is 0. The van der Waals surface area contributed by atoms with Gasteiger partial charge < -0.3 is 0 Å². The van der Waals surface area contributed by atoms with Crippen LogP contribution in [0, 0.1) is 0 Å². The number of hydrogen-bond acceptors (Lipinski definition) is 1. The maximum Gasteiger partial charge on any atom is 0.0708 e. The third-order valence-corrected chi connectivity index (χ3v) is 3.30. The van der Waals surface area contributed by atoms with E-state index in [1.165, 1.54) is 60.9 Å². The Morgan fingerprint density at radius 3 is 2.50 bits per heavy atom. The smallest absolute Gasteiger partial charge is 0.0708 e. The zero-order valence-electron chi connectivity index (χ0n) is 10.4. The van der Waals surface area contributed by atoms with Gasteiger partial charge in [0.05, 0.1) is 5.70 Å². The summed E-state index contributed by atoms with van der Waals surface area (Å²) in [6.07, 6.45) is 14.0. The third kappa shape index (κ3) is 2.18. The van der Waals surface area contributed by atoms with Crippen molar-refractivity contribution in [3.8, 4) is 0 Å². The predicted molar refractivity (Wildman–Crippen MR) is 70.7 cm³/mol. The minimum Gasteiger partial charge on any atom is -0.256 e. The van der Waals surface area contributed by atoms with Crippen molar-refractivity contribution in [3.05, 3.63) is 34.6 Å². The Labute approximate surface area is 98.7 Å². The van der Waals surface area contributed by atoms with E-state index in [0.29, 0.717) is 0 Å². The van der Waals surface area contributed by atoms with Crippen LogP contribution >= 0.6 is 0 Å². The van der Waals surface area contributed by atoms with Crippen molar-refractivity contribution in [2.45, 2.75) is 52.4 Å². The van der Waals surface area contributed by atoms with Gasteiger partial charge in [-0.25, -0.2) is 0 Å². The van der Waals surface area contributed by atoms with Crippen LogP contribution in [0.25, 0.3) is 0 Å². The van der Waals surface area contributed by atoms with Crippen molar-refractivity contribution in [3.63, 3.8) is 0 Å². The molecule has 1 aliphatic heterocycles. The van der Waals surface area contributed by atoms with Crippen molar-refractivity contribution in [1.82, 2.24) is 0 Å². The first-order valence-electron chi connectivity index (χ1n) is 6.55. The van der Waals surface area contributed by atoms with Gasteiger partial charge in [-0.15, -0.1) is 0 Å². The highest BCUT2D eigenvalue weighted by molar-refractivity contribution is 5.89. The fourth-order valence-corrected chi connectivity index (χ4v) is 2.33. The van der Waals surface area contributed by atoms with E-state index in [9.17, 15) is 0 Å². The molecule has 0 N–H and O–H groups in total. The van der Waals surface area contributed by atoms with Gasteiger partial charge >= 0.3 is 0 Å². The lowest BCUT2D eigenvalue weighted by Gasteiger charge is -2.07. The zero-order chi connectivity index (χ0) is 11.4. The van der Waals surface area contributed by atoms with Gasteiger partial charge in [-0.05, 0) is 42.9 Å². The molecule has 0 saturated heterocycles. The summed E-state index contributed by atoms with van der Waals surface area (Å²) in [6.45, 7) is 4.50. The van der Waals surface area contributed by atoms with E-state index < -0.39 is 0 Å². The maximum atomic E-state index is 4.50. The van der Waals surface area contributed by atoms with Gasteiger partial charge in [0.15, 0.2) is 0 Å². The molecule has 0 aromatic carbocycles. The van der Waals surface area contributed by atoms with Crippen molar-refractivity contribution >= 4 is 6.21 Å². The average molecular weight is 215 g/mol. The Kier molecular flexibility index (Phi) is 3.76. The predicted octanol–water partition coefficient (Wildman–Crippen LogP) is 4.57. The summed E-state index contributed by atoms with van der Waals surface area (Å²) in [5, 5.41) is 0. The van der Waals surface area contributed by atoms with Crippen LogP contribution in [0.5, 0.6) is 0 Å². The average Bonchev–Trinajstić information content (AvgIpc) is 2.86. The molecule has 0 aromatic rings. The van der Waals surface area contributed by atoms with Gasteiger partial charge in [-0.1, -0.05) is 32.8 Å². The lowest BCUT2D eigenvalue weighted by atomic mass is 9.96. The molecule has 2 rings (SSSR count). The van der Waals surface area contributed by atoms with E-state index in [1.54, 1.807) is 0 Å². The largest absolute Gasteiger partial charge is 0.256 e. The van der Waals surface area contributed by atoms with Crippen molar-refractivity contribution in [2.24, 2.45) is 4.99 Å². The molecule has 2 aliphatic rings. The Morgan fingerprint density at radius 2 is 1.75 bits per heavy atom. The summed E-state index contributed by atoms with van der Waals surface area (Å²) < 4.78 is 0. The summed E-state index contributed by atoms with van der Waals surface area (Å²) in [7, 11) is 0. The molecule has 86 valence electrons. The second-order valence-corrected chi connectivity index (χ2v) is 4.61. The van der Waals surface area contributed by atoms with Crippen LogP contribution in [0.2, 0.25) is 0 Å². The molecule has 1 heterocycles. The second kappa shape index (κ2) is 5.29. The number of nitrogens with zero attached hydrogens (tertiary/aromatic N) is 1. The molecule has 16 heavy (non-hydrogen) atoms. The minimum atomic E-state index is 1.19. The SMILES string of the molecule is CCCCC1=CC=C2N=CC(CCCC)=C12. The first-order chi connectivity index (χ1) is 7.86. The van der Waals surface area contributed by atoms with E-state index in [0.717, 1.165) is 0 Å². The summed E-state index contributed by atoms with van der Waals surface area (Å²) in [5.41, 5.74) is 5.65. The molecule has 0 fully saturated rings. The number of allylic oxidation sites excluding steroid dienone is 4. The van der Waals surface area contributed by atoms with Gasteiger partial charge in [0.1, 0.15) is 0 Å². The van der Waals surface area contributed by atoms with E-state index in [-0.39, 0.29) is 0 Å². The normalized spacial score (nSPS) is 17.9. The molecule has 0 amide bonds. The van der Waals surface area contributed by atoms with Gasteiger partial charge in [0, 0.05) is 11.8 Å². The van der Waals surface area contributed by atoms with Crippen LogP contribution in [0.4, 0.5) is 0 Å². The Morgan fingerprint density at radius 1 is 1.00 bits per heavy atom. The fraction of sp³-hybridized carbons (Fsp3) is 0.533. The highest BCUT2D eigenvalue weighted by Crippen LogP contribution is 2.37. The molecule has 0 radical (unpaired) electrons. The number of unbranched alkanes of at least 4 members (excludes halogenated alkanes) is 2. The third-order valence-electron chi connectivity index (χ3n) is 3.30. The van der Waals surface area contributed by atoms with Gasteiger partial charge in [-0.3, -0.25) is 4.99 Å². The molecular weight excluding hydrogens is 194 g/mol. The Balaban J connectivity index is 2.09. The van der Waals surface area contributed by atoms with Crippen molar-refractivity contribution in [2.75, 3.05) is 0 Å². The lowest BCUT2D eigenvalue weighted by Crippen LogP contribution is -1.92. The molecule has 1 nitrogen and oxygen atoms in total. The quantitative estimate of drug-likeness (QED) is 0.615. The van der Waals surface area contributed by atoms with E-state index in [4.69, 9.17) is 0 Å². The molecule has 0 bridgehead atoms. The summed E-state index contributed by atoms with van der Waals surface area (Å²) >= 11 is 0. The molecule has 0 unspecified atom stereocenters. The van der Waals surface area contributed by atoms with Crippen molar-refractivity contribution in [1.29, 1.82) is 0 Å². The van der Waals surface area contributed by atoms with Crippen LogP contribution in [-0.2, 0) is 0 Å². The number of aliphatic imine (C=N–C) groups is 1. The second-order valence-electron chi connectivity index (χ2n) is 4.61. The molecule has 0 aromatic heterocycles. The van der Waals surface area contributed by atoms with Crippen LogP contribution in [0.1, 0.15) is 52.4 Å². The number of rotatable bonds is 6. The fourth-order valence-electron chi connectivity index (χ4n) is 2.33. The molecule has 1 heteroatoms. The molecule has 0 spiro atoms. The van der Waals surface area contributed by atoms with Crippen LogP contribution < -0.4 is 0 Å². The monoisotopic (exact) mass is 215 g/mol. The van der Waals surface area contributed by atoms with E-state index >= 15 is 0 Å². The van der Waals surface area contributed by atoms with Gasteiger partial charge in [0.25, 0.3) is 0 Å². The highest BCUT2D eigenvalue weighted by Gasteiger charge is 2.21. The number of fused-ring (bicyclic) bond motifs is 1. The molecule has 0 atom stereocenters. The van der Waals surface area contributed by atoms with Crippen LogP contribution in [0.15, 0.2) is 39.6 Å². The van der Waals surface area contributed by atoms with Crippen molar-refractivity contribution < 1.29 is 0 Å². The summed E-state index contributed by atoms with van der Waals surface area (Å²) in [4.78, 5) is 4.50. The molecular formula is C15H21N. The summed E-state index contributed by atoms with van der Waals surface area (Å²) in [5.74, 6) is 0. The first-order valence-corrected chi connectivity index (χ1v) is 6.55.